The number of aryl methyl sites for hydroxylation is 1. The Morgan fingerprint density at radius 1 is 0.966 bits per heavy atom. The van der Waals surface area contributed by atoms with Crippen molar-refractivity contribution in [1.29, 1.82) is 0 Å². The molecule has 8 nitrogen and oxygen atoms in total. The Balaban J connectivity index is 1.87. The number of para-hydroxylation sites is 2. The molecule has 3 rings (SSSR count). The minimum absolute atomic E-state index is 0.192. The van der Waals surface area contributed by atoms with Crippen molar-refractivity contribution in [3.63, 3.8) is 0 Å². The molecule has 3 aromatic rings. The Morgan fingerprint density at radius 2 is 1.62 bits per heavy atom. The molecule has 0 unspecified atom stereocenters. The van der Waals surface area contributed by atoms with E-state index < -0.39 is 17.0 Å². The van der Waals surface area contributed by atoms with Gasteiger partial charge in [0.15, 0.2) is 0 Å². The van der Waals surface area contributed by atoms with Gasteiger partial charge in [0, 0.05) is 18.7 Å². The van der Waals surface area contributed by atoms with Crippen molar-refractivity contribution in [3.8, 4) is 11.5 Å². The fourth-order valence-electron chi connectivity index (χ4n) is 3.25. The number of methoxy groups -OCH3 is 2. The van der Waals surface area contributed by atoms with Crippen molar-refractivity contribution in [2.45, 2.75) is 26.6 Å². The van der Waals surface area contributed by atoms with Gasteiger partial charge in [-0.2, -0.15) is 0 Å². The first-order valence-electron chi connectivity index (χ1n) is 9.20. The molecule has 0 spiro atoms. The molecule has 1 N–H and O–H groups in total. The summed E-state index contributed by atoms with van der Waals surface area (Å²) in [6.07, 6.45) is 0. The fourth-order valence-corrected chi connectivity index (χ4v) is 3.25. The van der Waals surface area contributed by atoms with Gasteiger partial charge < -0.3 is 19.4 Å². The maximum absolute atomic E-state index is 12.6. The molecule has 0 aliphatic rings. The van der Waals surface area contributed by atoms with Crippen molar-refractivity contribution in [3.05, 3.63) is 68.7 Å². The van der Waals surface area contributed by atoms with Gasteiger partial charge in [-0.05, 0) is 37.3 Å². The summed E-state index contributed by atoms with van der Waals surface area (Å²) in [6, 6.07) is 12.3. The van der Waals surface area contributed by atoms with E-state index in [1.807, 2.05) is 0 Å². The van der Waals surface area contributed by atoms with Crippen LogP contribution in [-0.4, -0.2) is 29.3 Å². The zero-order chi connectivity index (χ0) is 21.0. The average Bonchev–Trinajstić information content (AvgIpc) is 2.75. The second kappa shape index (κ2) is 8.64. The molecule has 2 aromatic carbocycles. The maximum atomic E-state index is 12.6. The second-order valence-corrected chi connectivity index (χ2v) is 6.38. The summed E-state index contributed by atoms with van der Waals surface area (Å²) < 4.78 is 13.1. The highest BCUT2D eigenvalue weighted by Gasteiger charge is 2.15. The van der Waals surface area contributed by atoms with E-state index in [1.165, 1.54) is 9.13 Å². The van der Waals surface area contributed by atoms with Gasteiger partial charge in [0.05, 0.1) is 25.3 Å². The second-order valence-electron chi connectivity index (χ2n) is 6.38. The Morgan fingerprint density at radius 3 is 2.24 bits per heavy atom. The third kappa shape index (κ3) is 4.01. The van der Waals surface area contributed by atoms with E-state index in [4.69, 9.17) is 9.47 Å². The molecular formula is C21H23N3O5. The van der Waals surface area contributed by atoms with Crippen LogP contribution >= 0.6 is 0 Å². The van der Waals surface area contributed by atoms with Gasteiger partial charge in [0.2, 0.25) is 5.91 Å². The highest BCUT2D eigenvalue weighted by Crippen LogP contribution is 2.23. The van der Waals surface area contributed by atoms with E-state index >= 15 is 0 Å². The van der Waals surface area contributed by atoms with E-state index in [0.717, 1.165) is 5.56 Å². The number of benzene rings is 2. The summed E-state index contributed by atoms with van der Waals surface area (Å²) in [6.45, 7) is 2.10. The number of hydrogen-bond acceptors (Lipinski definition) is 5. The molecule has 0 aliphatic heterocycles. The van der Waals surface area contributed by atoms with Crippen LogP contribution in [0.3, 0.4) is 0 Å². The van der Waals surface area contributed by atoms with Crippen molar-refractivity contribution in [2.24, 2.45) is 0 Å². The van der Waals surface area contributed by atoms with Crippen LogP contribution < -0.4 is 25.9 Å². The van der Waals surface area contributed by atoms with Crippen LogP contribution in [0.4, 0.5) is 0 Å². The van der Waals surface area contributed by atoms with Gasteiger partial charge in [0.25, 0.3) is 0 Å². The maximum Gasteiger partial charge on any atom is 0.317 e. The van der Waals surface area contributed by atoms with Crippen molar-refractivity contribution in [2.75, 3.05) is 14.2 Å². The van der Waals surface area contributed by atoms with Gasteiger partial charge in [-0.15, -0.1) is 0 Å². The van der Waals surface area contributed by atoms with E-state index in [-0.39, 0.29) is 13.1 Å². The van der Waals surface area contributed by atoms with E-state index in [1.54, 1.807) is 63.6 Å². The minimum atomic E-state index is -0.723. The summed E-state index contributed by atoms with van der Waals surface area (Å²) in [5.41, 5.74) is 0.516. The lowest BCUT2D eigenvalue weighted by Gasteiger charge is -2.15. The lowest BCUT2D eigenvalue weighted by molar-refractivity contribution is -0.121. The fraction of sp³-hybridized carbons (Fsp3) is 0.286. The van der Waals surface area contributed by atoms with Crippen LogP contribution in [0, 0.1) is 0 Å². The quantitative estimate of drug-likeness (QED) is 0.611. The monoisotopic (exact) mass is 397 g/mol. The number of hydrogen-bond donors (Lipinski definition) is 1. The van der Waals surface area contributed by atoms with E-state index in [9.17, 15) is 14.4 Å². The van der Waals surface area contributed by atoms with Crippen LogP contribution in [0.5, 0.6) is 11.5 Å². The molecule has 8 heteroatoms. The third-order valence-electron chi connectivity index (χ3n) is 4.72. The molecule has 0 saturated heterocycles. The standard InChI is InChI=1S/C21H23N3O5/c1-4-23-16-7-5-6-8-17(16)24(21(27)20(23)26)13-19(25)22-12-14-11-15(28-2)9-10-18(14)29-3/h5-11H,4,12-13H2,1-3H3,(H,22,25). The van der Waals surface area contributed by atoms with Crippen LogP contribution in [-0.2, 0) is 24.4 Å². The summed E-state index contributed by atoms with van der Waals surface area (Å²) in [4.78, 5) is 37.5. The van der Waals surface area contributed by atoms with Crippen molar-refractivity contribution < 1.29 is 14.3 Å². The lowest BCUT2D eigenvalue weighted by atomic mass is 10.2. The molecule has 0 fully saturated rings. The number of rotatable bonds is 7. The van der Waals surface area contributed by atoms with Crippen molar-refractivity contribution in [1.82, 2.24) is 14.5 Å². The molecule has 0 saturated carbocycles. The van der Waals surface area contributed by atoms with Gasteiger partial charge in [-0.1, -0.05) is 12.1 Å². The number of ether oxygens (including phenoxy) is 2. The Bertz CT molecular complexity index is 1160. The molecule has 0 atom stereocenters. The van der Waals surface area contributed by atoms with Gasteiger partial charge in [0.1, 0.15) is 18.0 Å². The third-order valence-corrected chi connectivity index (χ3v) is 4.72. The topological polar surface area (TPSA) is 91.6 Å². The summed E-state index contributed by atoms with van der Waals surface area (Å²) in [5.74, 6) is 0.857. The number of nitrogens with zero attached hydrogens (tertiary/aromatic N) is 2. The number of carbonyl (C=O) groups is 1. The van der Waals surface area contributed by atoms with Crippen molar-refractivity contribution >= 4 is 16.9 Å². The summed E-state index contributed by atoms with van der Waals surface area (Å²) >= 11 is 0. The predicted molar refractivity (Wildman–Crippen MR) is 110 cm³/mol. The highest BCUT2D eigenvalue weighted by atomic mass is 16.5. The summed E-state index contributed by atoms with van der Waals surface area (Å²) in [5, 5.41) is 2.77. The molecule has 152 valence electrons. The number of aromatic nitrogens is 2. The van der Waals surface area contributed by atoms with Crippen LogP contribution in [0.25, 0.3) is 11.0 Å². The smallest absolute Gasteiger partial charge is 0.317 e. The van der Waals surface area contributed by atoms with Crippen LogP contribution in [0.2, 0.25) is 0 Å². The first-order chi connectivity index (χ1) is 14.0. The Kier molecular flexibility index (Phi) is 6.01. The first-order valence-corrected chi connectivity index (χ1v) is 9.20. The number of amides is 1. The molecule has 1 heterocycles. The first kappa shape index (κ1) is 20.2. The number of fused-ring (bicyclic) bond motifs is 1. The average molecular weight is 397 g/mol. The van der Waals surface area contributed by atoms with Gasteiger partial charge in [-0.25, -0.2) is 0 Å². The van der Waals surface area contributed by atoms with Gasteiger partial charge >= 0.3 is 11.1 Å². The number of nitrogens with one attached hydrogen (secondary N) is 1. The molecule has 1 aromatic heterocycles. The lowest BCUT2D eigenvalue weighted by Crippen LogP contribution is -2.43. The highest BCUT2D eigenvalue weighted by molar-refractivity contribution is 5.80. The van der Waals surface area contributed by atoms with Gasteiger partial charge in [-0.3, -0.25) is 19.0 Å². The normalized spacial score (nSPS) is 10.7. The minimum Gasteiger partial charge on any atom is -0.497 e. The van der Waals surface area contributed by atoms with E-state index in [2.05, 4.69) is 5.32 Å². The van der Waals surface area contributed by atoms with Crippen LogP contribution in [0.15, 0.2) is 52.1 Å². The predicted octanol–water partition coefficient (Wildman–Crippen LogP) is 1.52. The molecule has 0 bridgehead atoms. The van der Waals surface area contributed by atoms with E-state index in [0.29, 0.717) is 29.1 Å². The number of carbonyl (C=O) groups excluding carboxylic acids is 1. The SMILES string of the molecule is CCn1c(=O)c(=O)n(CC(=O)NCc2cc(OC)ccc2OC)c2ccccc21. The summed E-state index contributed by atoms with van der Waals surface area (Å²) in [7, 11) is 3.10. The zero-order valence-corrected chi connectivity index (χ0v) is 16.6. The molecule has 0 aliphatic carbocycles. The Hall–Kier alpha value is -3.55. The Labute approximate surface area is 167 Å². The molecule has 29 heavy (non-hydrogen) atoms. The molecular weight excluding hydrogens is 374 g/mol. The zero-order valence-electron chi connectivity index (χ0n) is 16.6. The van der Waals surface area contributed by atoms with Crippen LogP contribution in [0.1, 0.15) is 12.5 Å². The largest absolute Gasteiger partial charge is 0.497 e. The molecule has 1 amide bonds. The molecule has 0 radical (unpaired) electrons.